The van der Waals surface area contributed by atoms with Crippen LogP contribution in [-0.2, 0) is 44.1 Å². The minimum atomic E-state index is -1.54. The molecule has 0 aliphatic rings. The molecule has 0 heterocycles. The van der Waals surface area contributed by atoms with Crippen molar-refractivity contribution in [1.82, 2.24) is 14.7 Å². The molecule has 157 valence electrons. The summed E-state index contributed by atoms with van der Waals surface area (Å²) in [5, 5.41) is 53.3. The van der Waals surface area contributed by atoms with Gasteiger partial charge in [-0.1, -0.05) is 0 Å². The van der Waals surface area contributed by atoms with Crippen LogP contribution in [0, 0.1) is 0 Å². The first-order valence-electron chi connectivity index (χ1n) is 7.66. The number of aliphatic carboxylic acids is 5. The summed E-state index contributed by atoms with van der Waals surface area (Å²) in [6.45, 7) is -4.16. The van der Waals surface area contributed by atoms with E-state index in [0.717, 1.165) is 9.80 Å². The maximum atomic E-state index is 10.8. The van der Waals surface area contributed by atoms with Gasteiger partial charge < -0.3 is 49.5 Å². The van der Waals surface area contributed by atoms with Crippen LogP contribution in [0.1, 0.15) is 0 Å². The molecule has 0 spiro atoms. The van der Waals surface area contributed by atoms with E-state index in [9.17, 15) is 49.5 Å². The molecule has 0 bridgehead atoms. The van der Waals surface area contributed by atoms with Crippen LogP contribution in [0.15, 0.2) is 0 Å². The standard InChI is InChI=1S/C14H23N3O10.Na.Tc/c18-10(19)5-15(1-3-16(6-11(20)21)7-12(22)23)2-4-17(8-13(24)25)9-14(26)27;;/h1-9H2,(H,18,19)(H,20,21)(H,22,23)(H,24,25)(H,26,27);;/q;+1;+4/p-5. The zero-order valence-electron chi connectivity index (χ0n) is 15.7. The second kappa shape index (κ2) is 17.7. The number of carboxylic acids is 5. The first-order chi connectivity index (χ1) is 12.5. The van der Waals surface area contributed by atoms with Gasteiger partial charge in [-0.15, -0.1) is 0 Å². The van der Waals surface area contributed by atoms with Crippen molar-refractivity contribution in [2.75, 3.05) is 58.9 Å². The van der Waals surface area contributed by atoms with Crippen LogP contribution in [0.25, 0.3) is 0 Å². The monoisotopic (exact) mass is 508 g/mol. The van der Waals surface area contributed by atoms with Crippen LogP contribution >= 0.6 is 0 Å². The van der Waals surface area contributed by atoms with Crippen molar-refractivity contribution in [1.29, 1.82) is 0 Å². The molecule has 0 aromatic carbocycles. The molecule has 0 aromatic rings. The molecule has 1 radical (unpaired) electrons. The molecule has 0 N–H and O–H groups in total. The fraction of sp³-hybridized carbons (Fsp3) is 0.643. The molecule has 0 unspecified atom stereocenters. The van der Waals surface area contributed by atoms with Crippen molar-refractivity contribution in [2.24, 2.45) is 0 Å². The number of hydrogen-bond acceptors (Lipinski definition) is 13. The number of nitrogens with zero attached hydrogens (tertiary/aromatic N) is 3. The second-order valence-electron chi connectivity index (χ2n) is 5.56. The third-order valence-electron chi connectivity index (χ3n) is 3.23. The summed E-state index contributed by atoms with van der Waals surface area (Å²) < 4.78 is 0. The zero-order chi connectivity index (χ0) is 21.0. The van der Waals surface area contributed by atoms with Gasteiger partial charge in [-0.3, -0.25) is 14.7 Å². The predicted molar refractivity (Wildman–Crippen MR) is 74.4 cm³/mol. The van der Waals surface area contributed by atoms with Gasteiger partial charge in [0.25, 0.3) is 0 Å². The molecule has 29 heavy (non-hydrogen) atoms. The fourth-order valence-electron chi connectivity index (χ4n) is 2.18. The number of carboxylic acid groups (broad SMARTS) is 5. The molecule has 0 aromatic heterocycles. The van der Waals surface area contributed by atoms with Gasteiger partial charge in [-0.25, -0.2) is 0 Å². The molecule has 0 aliphatic heterocycles. The average Bonchev–Trinajstić information content (AvgIpc) is 2.46. The van der Waals surface area contributed by atoms with Gasteiger partial charge in [-0.05, 0) is 0 Å². The fourth-order valence-corrected chi connectivity index (χ4v) is 2.18. The topological polar surface area (TPSA) is 210 Å². The van der Waals surface area contributed by atoms with Crippen LogP contribution in [0.4, 0.5) is 0 Å². The summed E-state index contributed by atoms with van der Waals surface area (Å²) in [7, 11) is 0. The maximum Gasteiger partial charge on any atom is 4.00 e. The van der Waals surface area contributed by atoms with Crippen molar-refractivity contribution in [3.63, 3.8) is 0 Å². The van der Waals surface area contributed by atoms with E-state index in [1.807, 2.05) is 0 Å². The summed E-state index contributed by atoms with van der Waals surface area (Å²) >= 11 is 0. The summed E-state index contributed by atoms with van der Waals surface area (Å²) in [6.07, 6.45) is 0. The molecule has 0 fully saturated rings. The van der Waals surface area contributed by atoms with Gasteiger partial charge in [0.15, 0.2) is 0 Å². The van der Waals surface area contributed by atoms with E-state index in [1.165, 1.54) is 4.90 Å². The van der Waals surface area contributed by atoms with Crippen LogP contribution in [0.5, 0.6) is 0 Å². The van der Waals surface area contributed by atoms with Gasteiger partial charge >= 0.3 is 49.7 Å². The van der Waals surface area contributed by atoms with Crippen molar-refractivity contribution in [3.05, 3.63) is 0 Å². The maximum absolute atomic E-state index is 10.8. The van der Waals surface area contributed by atoms with Gasteiger partial charge in [0, 0.05) is 58.9 Å². The Kier molecular flexibility index (Phi) is 19.9. The average molecular weight is 509 g/mol. The third-order valence-corrected chi connectivity index (χ3v) is 3.23. The second-order valence-corrected chi connectivity index (χ2v) is 5.56. The quantitative estimate of drug-likeness (QED) is 0.177. The molecular weight excluding hydrogens is 491 g/mol. The molecule has 0 aliphatic carbocycles. The SMILES string of the molecule is O=C([O-])CN(CCN(CC(=O)[O-])CC(=O)[O-])CCN(CC(=O)[O-])CC(=O)[O-].[Na+].[Tc+4]. The molecule has 0 saturated carbocycles. The van der Waals surface area contributed by atoms with E-state index >= 15 is 0 Å². The summed E-state index contributed by atoms with van der Waals surface area (Å²) in [5.41, 5.74) is 0. The molecule has 0 rings (SSSR count). The third kappa shape index (κ3) is 19.9. The summed E-state index contributed by atoms with van der Waals surface area (Å²) in [6, 6.07) is 0. The van der Waals surface area contributed by atoms with Gasteiger partial charge in [-0.2, -0.15) is 0 Å². The van der Waals surface area contributed by atoms with Crippen LogP contribution in [0.3, 0.4) is 0 Å². The predicted octanol–water partition coefficient (Wildman–Crippen LogP) is -12.4. The zero-order valence-corrected chi connectivity index (χ0v) is 19.5. The smallest absolute Gasteiger partial charge is 0.549 e. The number of hydrogen-bond donors (Lipinski definition) is 0. The molecule has 13 nitrogen and oxygen atoms in total. The molecular formula is C14H18N3NaO10Tc. The van der Waals surface area contributed by atoms with Crippen LogP contribution < -0.4 is 55.1 Å². The molecule has 0 amide bonds. The number of carbonyl (C=O) groups excluding carboxylic acids is 5. The van der Waals surface area contributed by atoms with Crippen molar-refractivity contribution >= 4 is 29.8 Å². The Balaban J connectivity index is -0.00000338. The largest absolute Gasteiger partial charge is 4.00 e. The van der Waals surface area contributed by atoms with E-state index in [2.05, 4.69) is 0 Å². The van der Waals surface area contributed by atoms with E-state index in [1.54, 1.807) is 0 Å². The number of carbonyl (C=O) groups is 5. The van der Waals surface area contributed by atoms with Crippen molar-refractivity contribution < 1.29 is 99.2 Å². The minimum absolute atomic E-state index is 0. The Morgan fingerprint density at radius 3 is 0.828 bits per heavy atom. The summed E-state index contributed by atoms with van der Waals surface area (Å²) in [4.78, 5) is 56.4. The van der Waals surface area contributed by atoms with E-state index in [-0.39, 0.29) is 75.8 Å². The van der Waals surface area contributed by atoms with Crippen molar-refractivity contribution in [3.8, 4) is 0 Å². The Morgan fingerprint density at radius 1 is 0.448 bits per heavy atom. The molecule has 0 atom stereocenters. The van der Waals surface area contributed by atoms with Gasteiger partial charge in [0.2, 0.25) is 0 Å². The molecule has 0 saturated heterocycles. The minimum Gasteiger partial charge on any atom is -0.549 e. The van der Waals surface area contributed by atoms with Crippen LogP contribution in [0.2, 0.25) is 0 Å². The first-order valence-corrected chi connectivity index (χ1v) is 7.66. The van der Waals surface area contributed by atoms with E-state index in [0.29, 0.717) is 0 Å². The first kappa shape index (κ1) is 32.5. The Bertz CT molecular complexity index is 494. The molecule has 15 heteroatoms. The number of rotatable bonds is 16. The normalized spacial score (nSPS) is 10.3. The van der Waals surface area contributed by atoms with Gasteiger partial charge in [0.1, 0.15) is 0 Å². The Hall–Kier alpha value is -1.12. The van der Waals surface area contributed by atoms with E-state index < -0.39 is 62.6 Å². The van der Waals surface area contributed by atoms with Gasteiger partial charge in [0.05, 0.1) is 29.8 Å². The van der Waals surface area contributed by atoms with E-state index in [4.69, 9.17) is 0 Å². The summed E-state index contributed by atoms with van der Waals surface area (Å²) in [5.74, 6) is -7.67. The van der Waals surface area contributed by atoms with Crippen LogP contribution in [-0.4, -0.2) is 103 Å². The van der Waals surface area contributed by atoms with Crippen molar-refractivity contribution in [2.45, 2.75) is 0 Å². The Morgan fingerprint density at radius 2 is 0.621 bits per heavy atom. The Labute approximate surface area is 201 Å².